The van der Waals surface area contributed by atoms with Gasteiger partial charge >= 0.3 is 99.4 Å². The fraction of sp³-hybridized carbons (Fsp3) is 0.727. The molecule has 18 nitrogen and oxygen atoms in total. The standard InChI is InChI=1S/C22H36N4O14.2Ca.4H/c27-15(23-17(19(29)30)20(31)32)13-25-1-5-37-9-10-39-7-3-26(4-8-40-12-11-38-6-2-25)14-16(28)24-18(21(33)34)22(35)36;;;;;;/h17-18H,1-14H2,(H,23,27)(H,24,28)(H,29,30)(H,31,32)(H,33,34)(H,35,36);;;;;;. The van der Waals surface area contributed by atoms with Gasteiger partial charge in [-0.1, -0.05) is 0 Å². The van der Waals surface area contributed by atoms with E-state index < -0.39 is 47.8 Å². The Morgan fingerprint density at radius 3 is 0.952 bits per heavy atom. The van der Waals surface area contributed by atoms with Crippen LogP contribution in [-0.2, 0) is 47.7 Å². The number of hydrogen-bond acceptors (Lipinski definition) is 12. The third kappa shape index (κ3) is 20.1. The van der Waals surface area contributed by atoms with Gasteiger partial charge in [0.15, 0.2) is 0 Å². The number of carboxylic acids is 4. The molecule has 0 aliphatic carbocycles. The van der Waals surface area contributed by atoms with E-state index in [9.17, 15) is 28.8 Å². The number of nitrogens with zero attached hydrogens (tertiary/aromatic N) is 2. The number of aliphatic carboxylic acids is 4. The predicted molar refractivity (Wildman–Crippen MR) is 148 cm³/mol. The molecule has 0 radical (unpaired) electrons. The van der Waals surface area contributed by atoms with Crippen LogP contribution in [0.2, 0.25) is 0 Å². The van der Waals surface area contributed by atoms with Gasteiger partial charge < -0.3 is 50.0 Å². The summed E-state index contributed by atoms with van der Waals surface area (Å²) in [6.45, 7) is 1.98. The molecular weight excluding hydrogens is 624 g/mol. The topological polar surface area (TPSA) is 251 Å². The molecule has 0 aromatic rings. The van der Waals surface area contributed by atoms with Gasteiger partial charge in [-0.25, -0.2) is 19.2 Å². The molecule has 6 N–H and O–H groups in total. The van der Waals surface area contributed by atoms with Crippen LogP contribution >= 0.6 is 0 Å². The molecule has 0 aromatic heterocycles. The third-order valence-corrected chi connectivity index (χ3v) is 5.28. The molecule has 1 aliphatic heterocycles. The van der Waals surface area contributed by atoms with Gasteiger partial charge in [0.2, 0.25) is 23.9 Å². The van der Waals surface area contributed by atoms with E-state index in [1.54, 1.807) is 9.80 Å². The number of hydrogen-bond donors (Lipinski definition) is 6. The summed E-state index contributed by atoms with van der Waals surface area (Å²) in [6.07, 6.45) is 0. The second-order valence-electron chi connectivity index (χ2n) is 8.36. The van der Waals surface area contributed by atoms with Crippen molar-refractivity contribution < 1.29 is 68.1 Å². The molecule has 1 rings (SSSR count). The number of carbonyl (C=O) groups is 6. The molecule has 0 aromatic carbocycles. The van der Waals surface area contributed by atoms with Crippen molar-refractivity contribution in [3.63, 3.8) is 0 Å². The van der Waals surface area contributed by atoms with Gasteiger partial charge in [-0.2, -0.15) is 0 Å². The molecule has 20 heteroatoms. The van der Waals surface area contributed by atoms with Gasteiger partial charge in [-0.05, 0) is 0 Å². The van der Waals surface area contributed by atoms with Crippen molar-refractivity contribution in [1.29, 1.82) is 0 Å². The van der Waals surface area contributed by atoms with E-state index in [1.165, 1.54) is 0 Å². The van der Waals surface area contributed by atoms with E-state index in [4.69, 9.17) is 39.4 Å². The molecule has 1 fully saturated rings. The van der Waals surface area contributed by atoms with Crippen LogP contribution in [0.15, 0.2) is 0 Å². The van der Waals surface area contributed by atoms with E-state index in [2.05, 4.69) is 0 Å². The zero-order valence-electron chi connectivity index (χ0n) is 21.8. The summed E-state index contributed by atoms with van der Waals surface area (Å²) in [5.74, 6) is -8.34. The van der Waals surface area contributed by atoms with Gasteiger partial charge in [-0.3, -0.25) is 19.4 Å². The van der Waals surface area contributed by atoms with Crippen LogP contribution in [0.4, 0.5) is 0 Å². The summed E-state index contributed by atoms with van der Waals surface area (Å²) in [7, 11) is 0. The number of carbonyl (C=O) groups excluding carboxylic acids is 2. The SMILES string of the molecule is O=C(CN1CCOCCOCCN(CC(=O)NC(C(=O)O)C(=O)O)CCOCCOCC1)NC(C(=O)O)C(=O)O.[CaH2].[CaH2]. The molecule has 2 amide bonds. The Bertz CT molecular complexity index is 753. The maximum atomic E-state index is 12.2. The quantitative estimate of drug-likeness (QED) is 0.0940. The zero-order valence-corrected chi connectivity index (χ0v) is 21.8. The Morgan fingerprint density at radius 1 is 0.500 bits per heavy atom. The van der Waals surface area contributed by atoms with Crippen LogP contribution in [0.5, 0.6) is 0 Å². The summed E-state index contributed by atoms with van der Waals surface area (Å²) < 4.78 is 22.0. The number of carboxylic acid groups (broad SMARTS) is 4. The fourth-order valence-electron chi connectivity index (χ4n) is 3.24. The Morgan fingerprint density at radius 2 is 0.738 bits per heavy atom. The van der Waals surface area contributed by atoms with Crippen molar-refractivity contribution in [3.05, 3.63) is 0 Å². The van der Waals surface area contributed by atoms with E-state index in [0.29, 0.717) is 0 Å². The Kier molecular flexibility index (Phi) is 26.2. The van der Waals surface area contributed by atoms with Crippen molar-refractivity contribution in [2.75, 3.05) is 92.1 Å². The third-order valence-electron chi connectivity index (χ3n) is 5.28. The average Bonchev–Trinajstić information content (AvgIpc) is 2.87. The summed E-state index contributed by atoms with van der Waals surface area (Å²) >= 11 is 0. The molecule has 0 spiro atoms. The van der Waals surface area contributed by atoms with Crippen LogP contribution < -0.4 is 10.6 Å². The summed E-state index contributed by atoms with van der Waals surface area (Å²) in [5, 5.41) is 39.6. The first-order chi connectivity index (χ1) is 19.0. The van der Waals surface area contributed by atoms with Crippen molar-refractivity contribution in [1.82, 2.24) is 20.4 Å². The first-order valence-corrected chi connectivity index (χ1v) is 12.3. The van der Waals surface area contributed by atoms with Gasteiger partial charge in [0.25, 0.3) is 0 Å². The molecule has 236 valence electrons. The van der Waals surface area contributed by atoms with Crippen LogP contribution in [0, 0.1) is 0 Å². The Balaban J connectivity index is 0. The normalized spacial score (nSPS) is 17.0. The second-order valence-corrected chi connectivity index (χ2v) is 8.36. The van der Waals surface area contributed by atoms with Crippen LogP contribution in [0.25, 0.3) is 0 Å². The first-order valence-electron chi connectivity index (χ1n) is 12.3. The van der Waals surface area contributed by atoms with Crippen molar-refractivity contribution in [2.24, 2.45) is 0 Å². The van der Waals surface area contributed by atoms with Gasteiger partial charge in [0.1, 0.15) is 0 Å². The van der Waals surface area contributed by atoms with Crippen molar-refractivity contribution >= 4 is 111 Å². The minimum atomic E-state index is -2.06. The maximum absolute atomic E-state index is 12.2. The van der Waals surface area contributed by atoms with E-state index >= 15 is 0 Å². The molecule has 0 bridgehead atoms. The average molecular weight is 665 g/mol. The second kappa shape index (κ2) is 25.4. The molecule has 1 saturated heterocycles. The van der Waals surface area contributed by atoms with E-state index in [-0.39, 0.29) is 168 Å². The molecule has 1 heterocycles. The number of nitrogens with one attached hydrogen (secondary N) is 2. The first kappa shape index (κ1) is 43.2. The fourth-order valence-corrected chi connectivity index (χ4v) is 3.24. The molecule has 42 heavy (non-hydrogen) atoms. The minimum absolute atomic E-state index is 0. The molecular formula is C22H40Ca2N4O14. The summed E-state index contributed by atoms with van der Waals surface area (Å²) in [6, 6.07) is -4.13. The van der Waals surface area contributed by atoms with Crippen LogP contribution in [-0.4, -0.2) is 246 Å². The molecule has 0 saturated carbocycles. The van der Waals surface area contributed by atoms with Crippen LogP contribution in [0.3, 0.4) is 0 Å². The van der Waals surface area contributed by atoms with Gasteiger partial charge in [0, 0.05) is 26.2 Å². The van der Waals surface area contributed by atoms with Crippen molar-refractivity contribution in [3.8, 4) is 0 Å². The van der Waals surface area contributed by atoms with Gasteiger partial charge in [0.05, 0.1) is 65.9 Å². The zero-order chi connectivity index (χ0) is 29.9. The molecule has 1 aliphatic rings. The predicted octanol–water partition coefficient (Wildman–Crippen LogP) is -5.85. The number of rotatable bonds is 10. The monoisotopic (exact) mass is 664 g/mol. The van der Waals surface area contributed by atoms with Crippen molar-refractivity contribution in [2.45, 2.75) is 12.1 Å². The van der Waals surface area contributed by atoms with E-state index in [0.717, 1.165) is 0 Å². The van der Waals surface area contributed by atoms with Crippen LogP contribution in [0.1, 0.15) is 0 Å². The number of ether oxygens (including phenoxy) is 4. The number of amides is 2. The van der Waals surface area contributed by atoms with Gasteiger partial charge in [-0.15, -0.1) is 0 Å². The van der Waals surface area contributed by atoms with E-state index in [1.807, 2.05) is 10.6 Å². The molecule has 0 unspecified atom stereocenters. The Labute approximate surface area is 301 Å². The summed E-state index contributed by atoms with van der Waals surface area (Å²) in [5.41, 5.74) is 0. The molecule has 0 atom stereocenters. The Hall–Kier alpha value is -0.901. The summed E-state index contributed by atoms with van der Waals surface area (Å²) in [4.78, 5) is 71.6.